The first-order chi connectivity index (χ1) is 12.2. The third-order valence-electron chi connectivity index (χ3n) is 3.98. The summed E-state index contributed by atoms with van der Waals surface area (Å²) in [6, 6.07) is 14.8. The van der Waals surface area contributed by atoms with Crippen molar-refractivity contribution in [3.63, 3.8) is 0 Å². The summed E-state index contributed by atoms with van der Waals surface area (Å²) in [7, 11) is 0. The molecule has 0 saturated heterocycles. The molecule has 6 heteroatoms. The molecule has 5 nitrogen and oxygen atoms in total. The molecule has 0 aliphatic heterocycles. The molecule has 1 aromatic heterocycles. The topological polar surface area (TPSA) is 58.2 Å². The van der Waals surface area contributed by atoms with Crippen LogP contribution in [0.25, 0.3) is 10.9 Å². The predicted octanol–water partition coefficient (Wildman–Crippen LogP) is 3.48. The number of likely N-dealkylation sites (N-methyl/N-ethyl adjacent to an activating group) is 1. The van der Waals surface area contributed by atoms with E-state index in [-0.39, 0.29) is 5.56 Å². The van der Waals surface area contributed by atoms with Crippen LogP contribution in [-0.4, -0.2) is 34.6 Å². The van der Waals surface area contributed by atoms with Crippen LogP contribution in [0.3, 0.4) is 0 Å². The number of hydrogen-bond donors (Lipinski definition) is 1. The number of rotatable bonds is 7. The highest BCUT2D eigenvalue weighted by Gasteiger charge is 2.09. The summed E-state index contributed by atoms with van der Waals surface area (Å²) in [5.74, 6) is 1.33. The predicted molar refractivity (Wildman–Crippen MR) is 100 cm³/mol. The van der Waals surface area contributed by atoms with Crippen molar-refractivity contribution < 1.29 is 4.74 Å². The van der Waals surface area contributed by atoms with Gasteiger partial charge in [-0.15, -0.1) is 0 Å². The Bertz CT molecular complexity index is 910. The maximum Gasteiger partial charge on any atom is 0.258 e. The summed E-state index contributed by atoms with van der Waals surface area (Å²) < 4.78 is 5.73. The van der Waals surface area contributed by atoms with Gasteiger partial charge in [-0.05, 0) is 30.8 Å². The van der Waals surface area contributed by atoms with Gasteiger partial charge in [-0.2, -0.15) is 0 Å². The lowest BCUT2D eigenvalue weighted by atomic mass is 10.2. The van der Waals surface area contributed by atoms with Crippen molar-refractivity contribution in [2.24, 2.45) is 0 Å². The van der Waals surface area contributed by atoms with E-state index < -0.39 is 0 Å². The first-order valence-corrected chi connectivity index (χ1v) is 8.63. The molecule has 0 aliphatic carbocycles. The molecular weight excluding hydrogens is 338 g/mol. The van der Waals surface area contributed by atoms with Crippen LogP contribution in [0.4, 0.5) is 0 Å². The lowest BCUT2D eigenvalue weighted by Gasteiger charge is -2.20. The zero-order valence-corrected chi connectivity index (χ0v) is 14.8. The third kappa shape index (κ3) is 4.38. The molecule has 0 fully saturated rings. The van der Waals surface area contributed by atoms with E-state index in [1.54, 1.807) is 12.1 Å². The molecule has 0 amide bonds. The molecule has 130 valence electrons. The van der Waals surface area contributed by atoms with E-state index in [0.717, 1.165) is 6.54 Å². The summed E-state index contributed by atoms with van der Waals surface area (Å²) in [5.41, 5.74) is 0.605. The van der Waals surface area contributed by atoms with Gasteiger partial charge in [0.1, 0.15) is 18.2 Å². The molecule has 0 saturated carbocycles. The van der Waals surface area contributed by atoms with Gasteiger partial charge in [-0.3, -0.25) is 9.69 Å². The maximum absolute atomic E-state index is 12.2. The van der Waals surface area contributed by atoms with Gasteiger partial charge < -0.3 is 9.72 Å². The number of benzene rings is 2. The standard InChI is InChI=1S/C19H20ClN3O2/c1-2-23(11-12-25-17-10-6-4-8-15(17)20)13-18-21-16-9-5-3-7-14(16)19(24)22-18/h3-10H,2,11-13H2,1H3,(H,21,22,24). The van der Waals surface area contributed by atoms with Crippen LogP contribution in [0.2, 0.25) is 5.02 Å². The molecule has 3 rings (SSSR count). The smallest absolute Gasteiger partial charge is 0.258 e. The number of nitrogens with zero attached hydrogens (tertiary/aromatic N) is 2. The first-order valence-electron chi connectivity index (χ1n) is 8.25. The van der Waals surface area contributed by atoms with Crippen molar-refractivity contribution in [1.82, 2.24) is 14.9 Å². The second-order valence-corrected chi connectivity index (χ2v) is 6.08. The molecule has 0 bridgehead atoms. The fourth-order valence-electron chi connectivity index (χ4n) is 2.62. The molecule has 1 N–H and O–H groups in total. The number of H-pyrrole nitrogens is 1. The number of para-hydroxylation sites is 2. The van der Waals surface area contributed by atoms with Crippen LogP contribution in [0.15, 0.2) is 53.3 Å². The van der Waals surface area contributed by atoms with Crippen molar-refractivity contribution in [3.05, 3.63) is 69.7 Å². The van der Waals surface area contributed by atoms with Gasteiger partial charge in [0, 0.05) is 6.54 Å². The van der Waals surface area contributed by atoms with E-state index in [0.29, 0.717) is 47.2 Å². The second kappa shape index (κ2) is 8.14. The maximum atomic E-state index is 12.2. The Morgan fingerprint density at radius 3 is 2.72 bits per heavy atom. The summed E-state index contributed by atoms with van der Waals surface area (Å²) >= 11 is 6.09. The molecule has 1 heterocycles. The SMILES string of the molecule is CCN(CCOc1ccccc1Cl)Cc1nc2ccccc2c(=O)[nH]1. The third-order valence-corrected chi connectivity index (χ3v) is 4.30. The summed E-state index contributed by atoms with van der Waals surface area (Å²) in [5, 5.41) is 1.21. The molecule has 0 radical (unpaired) electrons. The van der Waals surface area contributed by atoms with Crippen LogP contribution in [0.1, 0.15) is 12.7 Å². The van der Waals surface area contributed by atoms with E-state index >= 15 is 0 Å². The van der Waals surface area contributed by atoms with E-state index in [1.807, 2.05) is 36.4 Å². The van der Waals surface area contributed by atoms with Crippen LogP contribution in [0, 0.1) is 0 Å². The Labute approximate surface area is 151 Å². The quantitative estimate of drug-likeness (QED) is 0.703. The van der Waals surface area contributed by atoms with Crippen molar-refractivity contribution in [1.29, 1.82) is 0 Å². The minimum Gasteiger partial charge on any atom is -0.491 e. The first kappa shape index (κ1) is 17.5. The van der Waals surface area contributed by atoms with Crippen molar-refractivity contribution in [2.45, 2.75) is 13.5 Å². The lowest BCUT2D eigenvalue weighted by Crippen LogP contribution is -2.29. The fourth-order valence-corrected chi connectivity index (χ4v) is 2.81. The monoisotopic (exact) mass is 357 g/mol. The fraction of sp³-hybridized carbons (Fsp3) is 0.263. The largest absolute Gasteiger partial charge is 0.491 e. The van der Waals surface area contributed by atoms with Gasteiger partial charge >= 0.3 is 0 Å². The van der Waals surface area contributed by atoms with Crippen LogP contribution < -0.4 is 10.3 Å². The number of nitrogens with one attached hydrogen (secondary N) is 1. The van der Waals surface area contributed by atoms with Crippen molar-refractivity contribution in [2.75, 3.05) is 19.7 Å². The van der Waals surface area contributed by atoms with Crippen LogP contribution in [-0.2, 0) is 6.54 Å². The number of aromatic nitrogens is 2. The normalized spacial score (nSPS) is 11.2. The summed E-state index contributed by atoms with van der Waals surface area (Å²) in [4.78, 5) is 21.7. The van der Waals surface area contributed by atoms with Crippen LogP contribution >= 0.6 is 11.6 Å². The highest BCUT2D eigenvalue weighted by Crippen LogP contribution is 2.22. The second-order valence-electron chi connectivity index (χ2n) is 5.68. The molecule has 0 aliphatic rings. The number of halogens is 1. The van der Waals surface area contributed by atoms with Gasteiger partial charge in [0.15, 0.2) is 0 Å². The Balaban J connectivity index is 1.64. The molecule has 25 heavy (non-hydrogen) atoms. The number of fused-ring (bicyclic) bond motifs is 1. The average Bonchev–Trinajstić information content (AvgIpc) is 2.62. The van der Waals surface area contributed by atoms with E-state index in [9.17, 15) is 4.79 Å². The van der Waals surface area contributed by atoms with Gasteiger partial charge in [-0.1, -0.05) is 42.8 Å². The average molecular weight is 358 g/mol. The molecule has 0 unspecified atom stereocenters. The molecule has 0 atom stereocenters. The summed E-state index contributed by atoms with van der Waals surface area (Å²) in [6.45, 7) is 4.66. The molecule has 2 aromatic carbocycles. The van der Waals surface area contributed by atoms with E-state index in [4.69, 9.17) is 16.3 Å². The van der Waals surface area contributed by atoms with Crippen molar-refractivity contribution in [3.8, 4) is 5.75 Å². The highest BCUT2D eigenvalue weighted by molar-refractivity contribution is 6.32. The Kier molecular flexibility index (Phi) is 5.68. The van der Waals surface area contributed by atoms with E-state index in [2.05, 4.69) is 21.8 Å². The van der Waals surface area contributed by atoms with Gasteiger partial charge in [0.2, 0.25) is 0 Å². The summed E-state index contributed by atoms with van der Waals surface area (Å²) in [6.07, 6.45) is 0. The number of ether oxygens (including phenoxy) is 1. The number of aromatic amines is 1. The highest BCUT2D eigenvalue weighted by atomic mass is 35.5. The number of hydrogen-bond acceptors (Lipinski definition) is 4. The van der Waals surface area contributed by atoms with Gasteiger partial charge in [-0.25, -0.2) is 4.98 Å². The minimum absolute atomic E-state index is 0.107. The van der Waals surface area contributed by atoms with Gasteiger partial charge in [0.25, 0.3) is 5.56 Å². The molecular formula is C19H20ClN3O2. The Morgan fingerprint density at radius 2 is 1.92 bits per heavy atom. The zero-order valence-electron chi connectivity index (χ0n) is 14.0. The van der Waals surface area contributed by atoms with Gasteiger partial charge in [0.05, 0.1) is 22.5 Å². The molecule has 3 aromatic rings. The lowest BCUT2D eigenvalue weighted by molar-refractivity contribution is 0.207. The Hall–Kier alpha value is -2.37. The zero-order chi connectivity index (χ0) is 17.6. The molecule has 0 spiro atoms. The van der Waals surface area contributed by atoms with Crippen LogP contribution in [0.5, 0.6) is 5.75 Å². The minimum atomic E-state index is -0.107. The van der Waals surface area contributed by atoms with Crippen molar-refractivity contribution >= 4 is 22.5 Å². The Morgan fingerprint density at radius 1 is 1.16 bits per heavy atom. The van der Waals surface area contributed by atoms with E-state index in [1.165, 1.54) is 0 Å².